The zero-order valence-corrected chi connectivity index (χ0v) is 10.2. The van der Waals surface area contributed by atoms with Gasteiger partial charge in [-0.2, -0.15) is 0 Å². The molecule has 0 saturated carbocycles. The molecule has 0 aliphatic heterocycles. The lowest BCUT2D eigenvalue weighted by Crippen LogP contribution is -2.41. The lowest BCUT2D eigenvalue weighted by molar-refractivity contribution is -0.123. The van der Waals surface area contributed by atoms with Crippen LogP contribution >= 0.6 is 0 Å². The average molecular weight is 220 g/mol. The van der Waals surface area contributed by atoms with Crippen molar-refractivity contribution in [2.24, 2.45) is 5.73 Å². The van der Waals surface area contributed by atoms with E-state index in [0.29, 0.717) is 6.42 Å². The highest BCUT2D eigenvalue weighted by Gasteiger charge is 2.14. The molecule has 0 saturated heterocycles. The summed E-state index contributed by atoms with van der Waals surface area (Å²) in [5.41, 5.74) is 7.97. The molecule has 2 atom stereocenters. The number of carbonyl (C=O) groups is 1. The smallest absolute Gasteiger partial charge is 0.237 e. The fourth-order valence-electron chi connectivity index (χ4n) is 1.44. The number of aryl methyl sites for hydroxylation is 1. The molecular formula is C13H20N2O. The first-order valence-electron chi connectivity index (χ1n) is 5.67. The molecule has 0 radical (unpaired) electrons. The molecular weight excluding hydrogens is 200 g/mol. The lowest BCUT2D eigenvalue weighted by Gasteiger charge is -2.17. The minimum Gasteiger partial charge on any atom is -0.348 e. The van der Waals surface area contributed by atoms with Gasteiger partial charge in [0.1, 0.15) is 0 Å². The highest BCUT2D eigenvalue weighted by Crippen LogP contribution is 2.13. The van der Waals surface area contributed by atoms with Crippen LogP contribution in [-0.4, -0.2) is 11.9 Å². The number of hydrogen-bond donors (Lipinski definition) is 2. The Hall–Kier alpha value is -1.35. The number of nitrogens with two attached hydrogens (primary N) is 1. The van der Waals surface area contributed by atoms with Crippen LogP contribution in [0.5, 0.6) is 0 Å². The van der Waals surface area contributed by atoms with Gasteiger partial charge in [0.25, 0.3) is 0 Å². The maximum absolute atomic E-state index is 11.6. The fraction of sp³-hybridized carbons (Fsp3) is 0.462. The van der Waals surface area contributed by atoms with Gasteiger partial charge < -0.3 is 11.1 Å². The summed E-state index contributed by atoms with van der Waals surface area (Å²) in [4.78, 5) is 11.6. The van der Waals surface area contributed by atoms with Crippen molar-refractivity contribution >= 4 is 5.91 Å². The summed E-state index contributed by atoms with van der Waals surface area (Å²) in [7, 11) is 0. The number of benzene rings is 1. The SMILES string of the molecule is CC[C@@H](N)C(=O)N[C@@H](C)c1ccc(C)cc1. The molecule has 1 aromatic rings. The molecule has 0 aliphatic carbocycles. The minimum atomic E-state index is -0.409. The third kappa shape index (κ3) is 3.35. The second-order valence-electron chi connectivity index (χ2n) is 4.16. The number of amides is 1. The molecule has 1 amide bonds. The highest BCUT2D eigenvalue weighted by molar-refractivity contribution is 5.81. The topological polar surface area (TPSA) is 55.1 Å². The van der Waals surface area contributed by atoms with Crippen molar-refractivity contribution in [1.82, 2.24) is 5.32 Å². The second-order valence-corrected chi connectivity index (χ2v) is 4.16. The maximum atomic E-state index is 11.6. The normalized spacial score (nSPS) is 14.2. The predicted octanol–water partition coefficient (Wildman–Crippen LogP) is 1.91. The molecule has 0 bridgehead atoms. The summed E-state index contributed by atoms with van der Waals surface area (Å²) in [5, 5.41) is 2.90. The molecule has 1 aromatic carbocycles. The molecule has 1 rings (SSSR count). The van der Waals surface area contributed by atoms with Crippen LogP contribution in [0.2, 0.25) is 0 Å². The van der Waals surface area contributed by atoms with Gasteiger partial charge in [-0.25, -0.2) is 0 Å². The minimum absolute atomic E-state index is 0.00528. The molecule has 0 aliphatic rings. The zero-order chi connectivity index (χ0) is 12.1. The maximum Gasteiger partial charge on any atom is 0.237 e. The Bertz CT molecular complexity index is 345. The third-order valence-electron chi connectivity index (χ3n) is 2.71. The Morgan fingerprint density at radius 2 is 1.94 bits per heavy atom. The van der Waals surface area contributed by atoms with Crippen LogP contribution in [0.1, 0.15) is 37.4 Å². The van der Waals surface area contributed by atoms with E-state index in [1.54, 1.807) is 0 Å². The summed E-state index contributed by atoms with van der Waals surface area (Å²) in [5.74, 6) is -0.0874. The molecule has 0 aromatic heterocycles. The van der Waals surface area contributed by atoms with Crippen molar-refractivity contribution in [3.05, 3.63) is 35.4 Å². The van der Waals surface area contributed by atoms with Gasteiger partial charge in [-0.3, -0.25) is 4.79 Å². The third-order valence-corrected chi connectivity index (χ3v) is 2.71. The van der Waals surface area contributed by atoms with Gasteiger partial charge >= 0.3 is 0 Å². The van der Waals surface area contributed by atoms with Crippen LogP contribution in [0, 0.1) is 6.92 Å². The molecule has 0 spiro atoms. The van der Waals surface area contributed by atoms with Crippen LogP contribution in [0.15, 0.2) is 24.3 Å². The molecule has 0 fully saturated rings. The number of hydrogen-bond acceptors (Lipinski definition) is 2. The predicted molar refractivity (Wildman–Crippen MR) is 66.0 cm³/mol. The Morgan fingerprint density at radius 1 is 1.38 bits per heavy atom. The van der Waals surface area contributed by atoms with Gasteiger partial charge in [0.05, 0.1) is 12.1 Å². The Labute approximate surface area is 97.0 Å². The van der Waals surface area contributed by atoms with Crippen molar-refractivity contribution in [2.75, 3.05) is 0 Å². The van der Waals surface area contributed by atoms with E-state index in [2.05, 4.69) is 5.32 Å². The zero-order valence-electron chi connectivity index (χ0n) is 10.2. The lowest BCUT2D eigenvalue weighted by atomic mass is 10.1. The Kier molecular flexibility index (Phi) is 4.50. The van der Waals surface area contributed by atoms with Crippen LogP contribution in [-0.2, 0) is 4.79 Å². The van der Waals surface area contributed by atoms with Crippen LogP contribution < -0.4 is 11.1 Å². The van der Waals surface area contributed by atoms with Crippen LogP contribution in [0.3, 0.4) is 0 Å². The monoisotopic (exact) mass is 220 g/mol. The van der Waals surface area contributed by atoms with Crippen molar-refractivity contribution in [1.29, 1.82) is 0 Å². The molecule has 3 nitrogen and oxygen atoms in total. The molecule has 0 unspecified atom stereocenters. The highest BCUT2D eigenvalue weighted by atomic mass is 16.2. The van der Waals surface area contributed by atoms with E-state index in [-0.39, 0.29) is 11.9 Å². The second kappa shape index (κ2) is 5.66. The first-order valence-corrected chi connectivity index (χ1v) is 5.67. The van der Waals surface area contributed by atoms with Crippen molar-refractivity contribution < 1.29 is 4.79 Å². The first-order chi connectivity index (χ1) is 7.54. The van der Waals surface area contributed by atoms with E-state index >= 15 is 0 Å². The van der Waals surface area contributed by atoms with Gasteiger partial charge in [-0.1, -0.05) is 36.8 Å². The van der Waals surface area contributed by atoms with E-state index in [9.17, 15) is 4.79 Å². The van der Waals surface area contributed by atoms with Gasteiger partial charge in [-0.15, -0.1) is 0 Å². The summed E-state index contributed by atoms with van der Waals surface area (Å²) in [6.45, 7) is 5.91. The number of nitrogens with one attached hydrogen (secondary N) is 1. The summed E-state index contributed by atoms with van der Waals surface area (Å²) in [6, 6.07) is 7.73. The molecule has 16 heavy (non-hydrogen) atoms. The van der Waals surface area contributed by atoms with Crippen LogP contribution in [0.25, 0.3) is 0 Å². The summed E-state index contributed by atoms with van der Waals surface area (Å²) < 4.78 is 0. The number of carbonyl (C=O) groups excluding carboxylic acids is 1. The van der Waals surface area contributed by atoms with Crippen LogP contribution in [0.4, 0.5) is 0 Å². The fourth-order valence-corrected chi connectivity index (χ4v) is 1.44. The van der Waals surface area contributed by atoms with Gasteiger partial charge in [0.15, 0.2) is 0 Å². The first kappa shape index (κ1) is 12.7. The standard InChI is InChI=1S/C13H20N2O/c1-4-12(14)13(16)15-10(3)11-7-5-9(2)6-8-11/h5-8,10,12H,4,14H2,1-3H3,(H,15,16)/t10-,12+/m0/s1. The number of rotatable bonds is 4. The quantitative estimate of drug-likeness (QED) is 0.814. The molecule has 3 N–H and O–H groups in total. The largest absolute Gasteiger partial charge is 0.348 e. The van der Waals surface area contributed by atoms with Crippen molar-refractivity contribution in [2.45, 2.75) is 39.3 Å². The van der Waals surface area contributed by atoms with E-state index < -0.39 is 6.04 Å². The van der Waals surface area contributed by atoms with Crippen molar-refractivity contribution in [3.63, 3.8) is 0 Å². The average Bonchev–Trinajstić information content (AvgIpc) is 2.28. The van der Waals surface area contributed by atoms with Gasteiger partial charge in [0, 0.05) is 0 Å². The van der Waals surface area contributed by atoms with E-state index in [4.69, 9.17) is 5.73 Å². The van der Waals surface area contributed by atoms with Gasteiger partial charge in [0.2, 0.25) is 5.91 Å². The van der Waals surface area contributed by atoms with Crippen molar-refractivity contribution in [3.8, 4) is 0 Å². The summed E-state index contributed by atoms with van der Waals surface area (Å²) >= 11 is 0. The van der Waals surface area contributed by atoms with E-state index in [0.717, 1.165) is 5.56 Å². The Balaban J connectivity index is 2.62. The van der Waals surface area contributed by atoms with Gasteiger partial charge in [-0.05, 0) is 25.8 Å². The molecule has 88 valence electrons. The van der Waals surface area contributed by atoms with E-state index in [1.165, 1.54) is 5.56 Å². The molecule has 3 heteroatoms. The summed E-state index contributed by atoms with van der Waals surface area (Å²) in [6.07, 6.45) is 0.659. The molecule has 0 heterocycles. The van der Waals surface area contributed by atoms with E-state index in [1.807, 2.05) is 45.0 Å². The Morgan fingerprint density at radius 3 is 2.44 bits per heavy atom.